The van der Waals surface area contributed by atoms with Crippen LogP contribution in [0.3, 0.4) is 0 Å². The summed E-state index contributed by atoms with van der Waals surface area (Å²) in [5, 5.41) is 6.74. The van der Waals surface area contributed by atoms with Crippen LogP contribution in [0.2, 0.25) is 0 Å². The summed E-state index contributed by atoms with van der Waals surface area (Å²) in [5.41, 5.74) is 0. The van der Waals surface area contributed by atoms with Crippen molar-refractivity contribution >= 4 is 29.9 Å². The van der Waals surface area contributed by atoms with Gasteiger partial charge in [-0.1, -0.05) is 6.92 Å². The van der Waals surface area contributed by atoms with E-state index in [1.54, 1.807) is 0 Å². The fourth-order valence-corrected chi connectivity index (χ4v) is 2.84. The van der Waals surface area contributed by atoms with Crippen LogP contribution in [0.5, 0.6) is 0 Å². The molecule has 0 aromatic carbocycles. The van der Waals surface area contributed by atoms with E-state index in [1.165, 1.54) is 52.1 Å². The molecule has 150 valence electrons. The summed E-state index contributed by atoms with van der Waals surface area (Å²) < 4.78 is 5.34. The second-order valence-corrected chi connectivity index (χ2v) is 6.22. The highest BCUT2D eigenvalue weighted by atomic mass is 127. The Labute approximate surface area is 172 Å². The fraction of sp³-hybridized carbons (Fsp3) is 0.944. The topological polar surface area (TPSA) is 52.1 Å². The minimum Gasteiger partial charge on any atom is -0.382 e. The van der Waals surface area contributed by atoms with Gasteiger partial charge in [-0.25, -0.2) is 0 Å². The number of likely N-dealkylation sites (N-methyl/N-ethyl adjacent to an activating group) is 1. The van der Waals surface area contributed by atoms with Crippen molar-refractivity contribution in [3.05, 3.63) is 0 Å². The zero-order chi connectivity index (χ0) is 17.5. The zero-order valence-corrected chi connectivity index (χ0v) is 18.9. The second-order valence-electron chi connectivity index (χ2n) is 6.22. The summed E-state index contributed by atoms with van der Waals surface area (Å²) in [4.78, 5) is 9.72. The summed E-state index contributed by atoms with van der Waals surface area (Å²) in [7, 11) is 0. The van der Waals surface area contributed by atoms with Crippen LogP contribution in [-0.4, -0.2) is 87.9 Å². The van der Waals surface area contributed by atoms with Gasteiger partial charge in [0.05, 0.1) is 0 Å². The number of rotatable bonds is 12. The van der Waals surface area contributed by atoms with Crippen molar-refractivity contribution < 1.29 is 4.74 Å². The van der Waals surface area contributed by atoms with E-state index >= 15 is 0 Å². The van der Waals surface area contributed by atoms with E-state index < -0.39 is 0 Å². The van der Waals surface area contributed by atoms with Gasteiger partial charge in [-0.2, -0.15) is 0 Å². The molecular formula is C18H40IN5O. The first-order valence-electron chi connectivity index (χ1n) is 9.84. The molecule has 0 spiro atoms. The first-order valence-corrected chi connectivity index (χ1v) is 9.84. The number of piperazine rings is 1. The van der Waals surface area contributed by atoms with Crippen LogP contribution >= 0.6 is 24.0 Å². The minimum atomic E-state index is 0. The molecule has 0 aromatic heterocycles. The van der Waals surface area contributed by atoms with Gasteiger partial charge in [0.25, 0.3) is 0 Å². The highest BCUT2D eigenvalue weighted by Gasteiger charge is 2.14. The molecule has 1 heterocycles. The summed E-state index contributed by atoms with van der Waals surface area (Å²) in [6.07, 6.45) is 3.42. The van der Waals surface area contributed by atoms with Crippen LogP contribution in [0.15, 0.2) is 4.99 Å². The van der Waals surface area contributed by atoms with Crippen molar-refractivity contribution in [3.8, 4) is 0 Å². The van der Waals surface area contributed by atoms with Gasteiger partial charge in [-0.3, -0.25) is 4.99 Å². The molecule has 0 unspecified atom stereocenters. The Morgan fingerprint density at radius 3 is 2.32 bits per heavy atom. The molecule has 1 aliphatic heterocycles. The molecule has 1 aliphatic rings. The van der Waals surface area contributed by atoms with Gasteiger partial charge < -0.3 is 25.2 Å². The van der Waals surface area contributed by atoms with E-state index in [9.17, 15) is 0 Å². The lowest BCUT2D eigenvalue weighted by Gasteiger charge is -2.34. The van der Waals surface area contributed by atoms with Gasteiger partial charge in [0, 0.05) is 59.0 Å². The molecule has 0 radical (unpaired) electrons. The number of nitrogens with one attached hydrogen (secondary N) is 2. The average Bonchev–Trinajstić information content (AvgIpc) is 2.61. The van der Waals surface area contributed by atoms with Gasteiger partial charge >= 0.3 is 0 Å². The molecule has 0 aromatic rings. The molecule has 6 nitrogen and oxygen atoms in total. The first kappa shape index (κ1) is 24.9. The molecule has 1 rings (SSSR count). The zero-order valence-electron chi connectivity index (χ0n) is 16.6. The predicted molar refractivity (Wildman–Crippen MR) is 118 cm³/mol. The monoisotopic (exact) mass is 469 g/mol. The van der Waals surface area contributed by atoms with E-state index in [4.69, 9.17) is 4.74 Å². The predicted octanol–water partition coefficient (Wildman–Crippen LogP) is 2.00. The summed E-state index contributed by atoms with van der Waals surface area (Å²) in [6, 6.07) is 0. The maximum absolute atomic E-state index is 5.34. The normalized spacial score (nSPS) is 16.5. The van der Waals surface area contributed by atoms with Crippen molar-refractivity contribution in [1.82, 2.24) is 20.4 Å². The molecule has 0 atom stereocenters. The lowest BCUT2D eigenvalue weighted by Crippen LogP contribution is -2.46. The molecule has 2 N–H and O–H groups in total. The molecular weight excluding hydrogens is 429 g/mol. The highest BCUT2D eigenvalue weighted by Crippen LogP contribution is 2.02. The number of halogens is 1. The first-order chi connectivity index (χ1) is 11.8. The quantitative estimate of drug-likeness (QED) is 0.198. The fourth-order valence-electron chi connectivity index (χ4n) is 2.84. The van der Waals surface area contributed by atoms with Crippen LogP contribution < -0.4 is 10.6 Å². The SMILES string of the molecule is CCNC(=NCCCOCC)NCCCCN1CCN(CC)CC1.I. The number of ether oxygens (including phenoxy) is 1. The largest absolute Gasteiger partial charge is 0.382 e. The third-order valence-electron chi connectivity index (χ3n) is 4.37. The lowest BCUT2D eigenvalue weighted by molar-refractivity contribution is 0.136. The van der Waals surface area contributed by atoms with Crippen LogP contribution in [0.4, 0.5) is 0 Å². The van der Waals surface area contributed by atoms with Crippen molar-refractivity contribution in [2.45, 2.75) is 40.0 Å². The number of unbranched alkanes of at least 4 members (excludes halogenated alkanes) is 1. The number of aliphatic imine (C=N–C) groups is 1. The van der Waals surface area contributed by atoms with E-state index in [2.05, 4.69) is 39.3 Å². The van der Waals surface area contributed by atoms with E-state index in [1.807, 2.05) is 6.92 Å². The van der Waals surface area contributed by atoms with Gasteiger partial charge in [0.2, 0.25) is 0 Å². The van der Waals surface area contributed by atoms with Crippen molar-refractivity contribution in [2.24, 2.45) is 4.99 Å². The summed E-state index contributed by atoms with van der Waals surface area (Å²) in [6.45, 7) is 18.0. The maximum atomic E-state index is 5.34. The van der Waals surface area contributed by atoms with Gasteiger partial charge in [-0.05, 0) is 46.2 Å². The van der Waals surface area contributed by atoms with Crippen LogP contribution in [0, 0.1) is 0 Å². The molecule has 25 heavy (non-hydrogen) atoms. The standard InChI is InChI=1S/C18H39N5O.HI/c1-4-19-18(21-11-9-17-24-6-3)20-10-7-8-12-23-15-13-22(5-2)14-16-23;/h4-17H2,1-3H3,(H2,19,20,21);1H. The van der Waals surface area contributed by atoms with Crippen LogP contribution in [0.1, 0.15) is 40.0 Å². The molecule has 7 heteroatoms. The Kier molecular flexibility index (Phi) is 17.2. The molecule has 0 aliphatic carbocycles. The van der Waals surface area contributed by atoms with Gasteiger partial charge in [0.1, 0.15) is 0 Å². The number of hydrogen-bond donors (Lipinski definition) is 2. The second kappa shape index (κ2) is 17.3. The molecule has 1 fully saturated rings. The number of guanidine groups is 1. The smallest absolute Gasteiger partial charge is 0.191 e. The van der Waals surface area contributed by atoms with Gasteiger partial charge in [0.15, 0.2) is 5.96 Å². The Hall–Kier alpha value is -0.120. The third kappa shape index (κ3) is 12.8. The third-order valence-corrected chi connectivity index (χ3v) is 4.37. The maximum Gasteiger partial charge on any atom is 0.191 e. The molecule has 0 saturated carbocycles. The van der Waals surface area contributed by atoms with Crippen LogP contribution in [0.25, 0.3) is 0 Å². The highest BCUT2D eigenvalue weighted by molar-refractivity contribution is 14.0. The van der Waals surface area contributed by atoms with E-state index in [0.29, 0.717) is 0 Å². The Balaban J connectivity index is 0.00000576. The molecule has 0 amide bonds. The number of nitrogens with zero attached hydrogens (tertiary/aromatic N) is 3. The van der Waals surface area contributed by atoms with Crippen molar-refractivity contribution in [2.75, 3.05) is 72.1 Å². The van der Waals surface area contributed by atoms with E-state index in [0.717, 1.165) is 45.2 Å². The Morgan fingerprint density at radius 1 is 0.960 bits per heavy atom. The average molecular weight is 469 g/mol. The Morgan fingerprint density at radius 2 is 1.68 bits per heavy atom. The minimum absolute atomic E-state index is 0. The Bertz CT molecular complexity index is 323. The van der Waals surface area contributed by atoms with Crippen LogP contribution in [-0.2, 0) is 4.74 Å². The van der Waals surface area contributed by atoms with Crippen molar-refractivity contribution in [3.63, 3.8) is 0 Å². The van der Waals surface area contributed by atoms with E-state index in [-0.39, 0.29) is 24.0 Å². The lowest BCUT2D eigenvalue weighted by atomic mass is 10.2. The molecule has 0 bridgehead atoms. The number of hydrogen-bond acceptors (Lipinski definition) is 4. The summed E-state index contributed by atoms with van der Waals surface area (Å²) >= 11 is 0. The molecule has 1 saturated heterocycles. The summed E-state index contributed by atoms with van der Waals surface area (Å²) in [5.74, 6) is 0.936. The van der Waals surface area contributed by atoms with Gasteiger partial charge in [-0.15, -0.1) is 24.0 Å². The van der Waals surface area contributed by atoms with Crippen molar-refractivity contribution in [1.29, 1.82) is 0 Å².